The number of allylic oxidation sites excluding steroid dienone is 2. The molecule has 4 rings (SSSR count). The van der Waals surface area contributed by atoms with E-state index in [1.165, 1.54) is 6.42 Å². The Kier molecular flexibility index (Phi) is 4.89. The summed E-state index contributed by atoms with van der Waals surface area (Å²) >= 11 is 0. The molecule has 2 aliphatic carbocycles. The van der Waals surface area contributed by atoms with Crippen molar-refractivity contribution < 1.29 is 9.53 Å². The highest BCUT2D eigenvalue weighted by molar-refractivity contribution is 6.05. The van der Waals surface area contributed by atoms with Crippen molar-refractivity contribution in [2.75, 3.05) is 6.61 Å². The van der Waals surface area contributed by atoms with Crippen LogP contribution in [0, 0.1) is 29.1 Å². The van der Waals surface area contributed by atoms with Crippen molar-refractivity contribution in [3.05, 3.63) is 89.5 Å². The maximum absolute atomic E-state index is 12.8. The zero-order valence-corrected chi connectivity index (χ0v) is 15.0. The van der Waals surface area contributed by atoms with Gasteiger partial charge in [-0.3, -0.25) is 0 Å². The second-order valence-corrected chi connectivity index (χ2v) is 7.23. The molecule has 0 heterocycles. The van der Waals surface area contributed by atoms with Crippen molar-refractivity contribution in [2.24, 2.45) is 17.8 Å². The number of fused-ring (bicyclic) bond motifs is 2. The predicted molar refractivity (Wildman–Crippen MR) is 104 cm³/mol. The van der Waals surface area contributed by atoms with Gasteiger partial charge in [0.05, 0.1) is 6.61 Å². The summed E-state index contributed by atoms with van der Waals surface area (Å²) in [5.74, 6) is 0.988. The number of benzene rings is 2. The molecule has 1 fully saturated rings. The normalized spacial score (nSPS) is 22.3. The molecule has 3 atom stereocenters. The number of nitriles is 1. The standard InChI is InChI=1S/C24H21NO2/c25-15-22(24(26)27-16-21-14-17-11-12-20(21)13-17)23(18-7-3-1-4-8-18)19-9-5-2-6-10-19/h1-12,17,20-21H,13-14,16H2. The van der Waals surface area contributed by atoms with Crippen molar-refractivity contribution in [3.63, 3.8) is 0 Å². The third kappa shape index (κ3) is 3.57. The van der Waals surface area contributed by atoms with E-state index in [0.29, 0.717) is 29.9 Å². The van der Waals surface area contributed by atoms with E-state index in [-0.39, 0.29) is 5.57 Å². The van der Waals surface area contributed by atoms with Crippen LogP contribution in [0.4, 0.5) is 0 Å². The smallest absolute Gasteiger partial charge is 0.349 e. The first-order chi connectivity index (χ1) is 13.3. The lowest BCUT2D eigenvalue weighted by atomic mass is 9.93. The molecule has 27 heavy (non-hydrogen) atoms. The number of carbonyl (C=O) groups excluding carboxylic acids is 1. The summed E-state index contributed by atoms with van der Waals surface area (Å²) in [4.78, 5) is 12.8. The number of rotatable bonds is 5. The number of esters is 1. The molecule has 0 N–H and O–H groups in total. The van der Waals surface area contributed by atoms with E-state index < -0.39 is 5.97 Å². The minimum atomic E-state index is -0.535. The first-order valence-electron chi connectivity index (χ1n) is 9.37. The molecule has 0 aromatic heterocycles. The SMILES string of the molecule is N#CC(C(=O)OCC1CC2C=CC1C2)=C(c1ccccc1)c1ccccc1. The van der Waals surface area contributed by atoms with Crippen LogP contribution in [0.5, 0.6) is 0 Å². The molecule has 134 valence electrons. The predicted octanol–water partition coefficient (Wildman–Crippen LogP) is 4.77. The van der Waals surface area contributed by atoms with Crippen LogP contribution in [-0.4, -0.2) is 12.6 Å². The van der Waals surface area contributed by atoms with Gasteiger partial charge in [0.15, 0.2) is 0 Å². The molecule has 2 aromatic rings. The minimum Gasteiger partial charge on any atom is -0.461 e. The monoisotopic (exact) mass is 355 g/mol. The summed E-state index contributed by atoms with van der Waals surface area (Å²) in [7, 11) is 0. The first kappa shape index (κ1) is 17.3. The van der Waals surface area contributed by atoms with Gasteiger partial charge in [0.25, 0.3) is 0 Å². The molecular formula is C24H21NO2. The second kappa shape index (κ2) is 7.63. The molecule has 1 saturated carbocycles. The highest BCUT2D eigenvalue weighted by Gasteiger charge is 2.36. The van der Waals surface area contributed by atoms with E-state index in [9.17, 15) is 10.1 Å². The van der Waals surface area contributed by atoms with Crippen LogP contribution < -0.4 is 0 Å². The zero-order chi connectivity index (χ0) is 18.6. The van der Waals surface area contributed by atoms with Gasteiger partial charge >= 0.3 is 5.97 Å². The molecule has 2 aromatic carbocycles. The molecular weight excluding hydrogens is 334 g/mol. The molecule has 2 bridgehead atoms. The molecule has 0 radical (unpaired) electrons. The molecule has 3 unspecified atom stereocenters. The number of hydrogen-bond donors (Lipinski definition) is 0. The maximum Gasteiger partial charge on any atom is 0.349 e. The third-order valence-corrected chi connectivity index (χ3v) is 5.54. The van der Waals surface area contributed by atoms with Crippen LogP contribution in [-0.2, 0) is 9.53 Å². The number of ether oxygens (including phenoxy) is 1. The quantitative estimate of drug-likeness (QED) is 0.336. The fourth-order valence-electron chi connectivity index (χ4n) is 4.21. The molecule has 0 spiro atoms. The van der Waals surface area contributed by atoms with E-state index in [4.69, 9.17) is 4.74 Å². The lowest BCUT2D eigenvalue weighted by Gasteiger charge is -2.18. The van der Waals surface area contributed by atoms with Gasteiger partial charge in [0, 0.05) is 5.57 Å². The first-order valence-corrected chi connectivity index (χ1v) is 9.37. The average molecular weight is 355 g/mol. The van der Waals surface area contributed by atoms with Gasteiger partial charge in [-0.15, -0.1) is 0 Å². The Morgan fingerprint density at radius 2 is 1.59 bits per heavy atom. The summed E-state index contributed by atoms with van der Waals surface area (Å²) in [6.07, 6.45) is 6.76. The van der Waals surface area contributed by atoms with Gasteiger partial charge in [0.1, 0.15) is 11.6 Å². The van der Waals surface area contributed by atoms with E-state index in [1.54, 1.807) is 0 Å². The fourth-order valence-corrected chi connectivity index (χ4v) is 4.21. The highest BCUT2D eigenvalue weighted by atomic mass is 16.5. The van der Waals surface area contributed by atoms with Gasteiger partial charge in [-0.25, -0.2) is 4.79 Å². The van der Waals surface area contributed by atoms with E-state index >= 15 is 0 Å². The van der Waals surface area contributed by atoms with Crippen molar-refractivity contribution in [1.29, 1.82) is 5.26 Å². The van der Waals surface area contributed by atoms with Crippen molar-refractivity contribution in [2.45, 2.75) is 12.8 Å². The van der Waals surface area contributed by atoms with E-state index in [1.807, 2.05) is 60.7 Å². The fraction of sp³-hybridized carbons (Fsp3) is 0.250. The third-order valence-electron chi connectivity index (χ3n) is 5.54. The Morgan fingerprint density at radius 1 is 0.963 bits per heavy atom. The largest absolute Gasteiger partial charge is 0.461 e. The number of carbonyl (C=O) groups is 1. The van der Waals surface area contributed by atoms with Gasteiger partial charge < -0.3 is 4.74 Å². The Morgan fingerprint density at radius 3 is 2.07 bits per heavy atom. The topological polar surface area (TPSA) is 50.1 Å². The lowest BCUT2D eigenvalue weighted by molar-refractivity contribution is -0.140. The molecule has 3 nitrogen and oxygen atoms in total. The maximum atomic E-state index is 12.8. The average Bonchev–Trinajstić information content (AvgIpc) is 3.35. The number of nitrogens with zero attached hydrogens (tertiary/aromatic N) is 1. The minimum absolute atomic E-state index is 0.0612. The van der Waals surface area contributed by atoms with Crippen LogP contribution in [0.2, 0.25) is 0 Å². The Balaban J connectivity index is 1.63. The molecule has 2 aliphatic rings. The summed E-state index contributed by atoms with van der Waals surface area (Å²) in [6, 6.07) is 21.2. The second-order valence-electron chi connectivity index (χ2n) is 7.23. The van der Waals surface area contributed by atoms with Crippen molar-refractivity contribution in [1.82, 2.24) is 0 Å². The molecule has 3 heteroatoms. The van der Waals surface area contributed by atoms with Crippen molar-refractivity contribution in [3.8, 4) is 6.07 Å². The van der Waals surface area contributed by atoms with E-state index in [2.05, 4.69) is 18.2 Å². The van der Waals surface area contributed by atoms with Crippen LogP contribution in [0.3, 0.4) is 0 Å². The molecule has 0 amide bonds. The lowest BCUT2D eigenvalue weighted by Crippen LogP contribution is -2.19. The summed E-state index contributed by atoms with van der Waals surface area (Å²) in [6.45, 7) is 0.381. The van der Waals surface area contributed by atoms with Crippen LogP contribution in [0.15, 0.2) is 78.4 Å². The van der Waals surface area contributed by atoms with Crippen LogP contribution in [0.1, 0.15) is 24.0 Å². The highest BCUT2D eigenvalue weighted by Crippen LogP contribution is 2.43. The zero-order valence-electron chi connectivity index (χ0n) is 15.0. The summed E-state index contributed by atoms with van der Waals surface area (Å²) in [5, 5.41) is 9.77. The van der Waals surface area contributed by atoms with Crippen LogP contribution >= 0.6 is 0 Å². The van der Waals surface area contributed by atoms with Gasteiger partial charge in [-0.1, -0.05) is 72.8 Å². The van der Waals surface area contributed by atoms with Gasteiger partial charge in [-0.05, 0) is 41.7 Å². The summed E-state index contributed by atoms with van der Waals surface area (Å²) < 4.78 is 5.60. The van der Waals surface area contributed by atoms with Gasteiger partial charge in [-0.2, -0.15) is 5.26 Å². The Bertz CT molecular complexity index is 880. The van der Waals surface area contributed by atoms with E-state index in [0.717, 1.165) is 17.5 Å². The Hall–Kier alpha value is -3.12. The van der Waals surface area contributed by atoms with Crippen LogP contribution in [0.25, 0.3) is 5.57 Å². The molecule has 0 aliphatic heterocycles. The van der Waals surface area contributed by atoms with Crippen molar-refractivity contribution >= 4 is 11.5 Å². The van der Waals surface area contributed by atoms with Gasteiger partial charge in [0.2, 0.25) is 0 Å². The Labute approximate surface area is 159 Å². The molecule has 0 saturated heterocycles. The number of hydrogen-bond acceptors (Lipinski definition) is 3. The summed E-state index contributed by atoms with van der Waals surface area (Å²) in [5.41, 5.74) is 2.35.